The lowest BCUT2D eigenvalue weighted by atomic mass is 9.96. The van der Waals surface area contributed by atoms with Crippen LogP contribution in [0.25, 0.3) is 10.9 Å². The fourth-order valence-corrected chi connectivity index (χ4v) is 3.88. The molecule has 2 aromatic rings. The first-order valence-electron chi connectivity index (χ1n) is 6.98. The molecular weight excluding hydrogens is 380 g/mol. The zero-order valence-corrected chi connectivity index (χ0v) is 15.5. The summed E-state index contributed by atoms with van der Waals surface area (Å²) in [5.41, 5.74) is 4.67. The van der Waals surface area contributed by atoms with Crippen LogP contribution in [0.1, 0.15) is 44.4 Å². The highest BCUT2D eigenvalue weighted by Crippen LogP contribution is 2.37. The van der Waals surface area contributed by atoms with Crippen molar-refractivity contribution in [1.29, 1.82) is 0 Å². The van der Waals surface area contributed by atoms with Gasteiger partial charge in [-0.1, -0.05) is 36.7 Å². The molecule has 4 heteroatoms. The summed E-state index contributed by atoms with van der Waals surface area (Å²) in [6, 6.07) is 4.20. The Bertz CT molecular complexity index is 636. The molecule has 1 heterocycles. The van der Waals surface area contributed by atoms with Gasteiger partial charge in [0.2, 0.25) is 0 Å². The Kier molecular flexibility index (Phi) is 5.08. The monoisotopic (exact) mass is 398 g/mol. The summed E-state index contributed by atoms with van der Waals surface area (Å²) in [6.07, 6.45) is 1.11. The van der Waals surface area contributed by atoms with Crippen molar-refractivity contribution in [1.82, 2.24) is 4.98 Å². The SMILES string of the molecule is CCCNc1c(C(C)C)c(C)nc2c(Br)cc(Br)cc12. The maximum absolute atomic E-state index is 4.80. The van der Waals surface area contributed by atoms with Gasteiger partial charge in [0.15, 0.2) is 0 Å². The zero-order valence-electron chi connectivity index (χ0n) is 12.3. The smallest absolute Gasteiger partial charge is 0.0868 e. The average Bonchev–Trinajstić information content (AvgIpc) is 2.36. The van der Waals surface area contributed by atoms with Crippen molar-refractivity contribution in [3.8, 4) is 0 Å². The van der Waals surface area contributed by atoms with Crippen molar-refractivity contribution in [3.05, 3.63) is 32.3 Å². The minimum absolute atomic E-state index is 0.448. The maximum Gasteiger partial charge on any atom is 0.0868 e. The molecule has 0 aliphatic carbocycles. The molecule has 1 N–H and O–H groups in total. The van der Waals surface area contributed by atoms with E-state index in [1.54, 1.807) is 0 Å². The average molecular weight is 400 g/mol. The van der Waals surface area contributed by atoms with Gasteiger partial charge in [0.1, 0.15) is 0 Å². The highest BCUT2D eigenvalue weighted by atomic mass is 79.9. The van der Waals surface area contributed by atoms with Gasteiger partial charge in [-0.15, -0.1) is 0 Å². The normalized spacial score (nSPS) is 11.3. The molecular formula is C16H20Br2N2. The fourth-order valence-electron chi connectivity index (χ4n) is 2.57. The highest BCUT2D eigenvalue weighted by Gasteiger charge is 2.17. The molecule has 0 saturated carbocycles. The summed E-state index contributed by atoms with van der Waals surface area (Å²) in [5, 5.41) is 4.78. The van der Waals surface area contributed by atoms with E-state index in [2.05, 4.69) is 70.9 Å². The van der Waals surface area contributed by atoms with Gasteiger partial charge in [-0.25, -0.2) is 0 Å². The van der Waals surface area contributed by atoms with Crippen LogP contribution in [0, 0.1) is 6.92 Å². The summed E-state index contributed by atoms with van der Waals surface area (Å²) in [4.78, 5) is 4.80. The molecule has 0 atom stereocenters. The molecule has 2 rings (SSSR count). The van der Waals surface area contributed by atoms with Crippen LogP contribution in [0.4, 0.5) is 5.69 Å². The van der Waals surface area contributed by atoms with Crippen LogP contribution < -0.4 is 5.32 Å². The van der Waals surface area contributed by atoms with Crippen LogP contribution in [0.2, 0.25) is 0 Å². The second-order valence-electron chi connectivity index (χ2n) is 5.35. The standard InChI is InChI=1S/C16H20Br2N2/c1-5-6-19-16-12-7-11(17)8-13(18)15(12)20-10(4)14(16)9(2)3/h7-9H,5-6H2,1-4H3,(H,19,20). The third-order valence-corrected chi connectivity index (χ3v) is 4.43. The molecule has 108 valence electrons. The van der Waals surface area contributed by atoms with E-state index in [4.69, 9.17) is 4.98 Å². The lowest BCUT2D eigenvalue weighted by molar-refractivity contribution is 0.844. The van der Waals surface area contributed by atoms with Gasteiger partial charge in [-0.3, -0.25) is 4.98 Å². The van der Waals surface area contributed by atoms with Crippen LogP contribution in [-0.4, -0.2) is 11.5 Å². The van der Waals surface area contributed by atoms with E-state index in [0.717, 1.165) is 33.1 Å². The molecule has 0 bridgehead atoms. The van der Waals surface area contributed by atoms with E-state index < -0.39 is 0 Å². The lowest BCUT2D eigenvalue weighted by Gasteiger charge is -2.20. The quantitative estimate of drug-likeness (QED) is 0.680. The van der Waals surface area contributed by atoms with E-state index in [0.29, 0.717) is 5.92 Å². The van der Waals surface area contributed by atoms with Crippen molar-refractivity contribution < 1.29 is 0 Å². The van der Waals surface area contributed by atoms with Crippen molar-refractivity contribution in [2.45, 2.75) is 40.0 Å². The summed E-state index contributed by atoms with van der Waals surface area (Å²) in [6.45, 7) is 9.70. The predicted octanol–water partition coefficient (Wildman–Crippen LogP) is 6.01. The number of anilines is 1. The van der Waals surface area contributed by atoms with Gasteiger partial charge in [0, 0.05) is 32.3 Å². The topological polar surface area (TPSA) is 24.9 Å². The number of benzene rings is 1. The molecule has 0 aliphatic rings. The van der Waals surface area contributed by atoms with E-state index in [1.165, 1.54) is 16.6 Å². The summed E-state index contributed by atoms with van der Waals surface area (Å²) in [5.74, 6) is 0.448. The number of halogens is 2. The van der Waals surface area contributed by atoms with Crippen LogP contribution in [-0.2, 0) is 0 Å². The third-order valence-electron chi connectivity index (χ3n) is 3.37. The summed E-state index contributed by atoms with van der Waals surface area (Å²) >= 11 is 7.21. The number of hydrogen-bond donors (Lipinski definition) is 1. The van der Waals surface area contributed by atoms with Gasteiger partial charge in [-0.2, -0.15) is 0 Å². The molecule has 0 spiro atoms. The Hall–Kier alpha value is -0.610. The van der Waals surface area contributed by atoms with Gasteiger partial charge in [-0.05, 0) is 52.9 Å². The third kappa shape index (κ3) is 3.01. The number of nitrogens with zero attached hydrogens (tertiary/aromatic N) is 1. The Morgan fingerprint density at radius 1 is 1.25 bits per heavy atom. The van der Waals surface area contributed by atoms with Crippen LogP contribution in [0.15, 0.2) is 21.1 Å². The Morgan fingerprint density at radius 3 is 2.55 bits per heavy atom. The molecule has 0 fully saturated rings. The van der Waals surface area contributed by atoms with Gasteiger partial charge < -0.3 is 5.32 Å². The summed E-state index contributed by atoms with van der Waals surface area (Å²) in [7, 11) is 0. The first-order valence-corrected chi connectivity index (χ1v) is 8.57. The van der Waals surface area contributed by atoms with E-state index >= 15 is 0 Å². The van der Waals surface area contributed by atoms with Gasteiger partial charge in [0.05, 0.1) is 5.52 Å². The first-order chi connectivity index (χ1) is 9.45. The zero-order chi connectivity index (χ0) is 14.9. The molecule has 0 radical (unpaired) electrons. The lowest BCUT2D eigenvalue weighted by Crippen LogP contribution is -2.08. The minimum atomic E-state index is 0.448. The maximum atomic E-state index is 4.80. The molecule has 0 unspecified atom stereocenters. The van der Waals surface area contributed by atoms with E-state index in [-0.39, 0.29) is 0 Å². The molecule has 20 heavy (non-hydrogen) atoms. The number of fused-ring (bicyclic) bond motifs is 1. The van der Waals surface area contributed by atoms with Crippen LogP contribution >= 0.6 is 31.9 Å². The van der Waals surface area contributed by atoms with Crippen LogP contribution in [0.5, 0.6) is 0 Å². The predicted molar refractivity (Wildman–Crippen MR) is 94.7 cm³/mol. The van der Waals surface area contributed by atoms with E-state index in [1.807, 2.05) is 6.07 Å². The van der Waals surface area contributed by atoms with Crippen molar-refractivity contribution in [2.24, 2.45) is 0 Å². The molecule has 1 aromatic carbocycles. The Balaban J connectivity index is 2.80. The van der Waals surface area contributed by atoms with Crippen molar-refractivity contribution in [3.63, 3.8) is 0 Å². The second kappa shape index (κ2) is 6.44. The number of aryl methyl sites for hydroxylation is 1. The number of pyridine rings is 1. The fraction of sp³-hybridized carbons (Fsp3) is 0.438. The Morgan fingerprint density at radius 2 is 1.95 bits per heavy atom. The Labute approximate surface area is 137 Å². The van der Waals surface area contributed by atoms with Crippen LogP contribution in [0.3, 0.4) is 0 Å². The number of rotatable bonds is 4. The summed E-state index contributed by atoms with van der Waals surface area (Å²) < 4.78 is 2.09. The van der Waals surface area contributed by atoms with Crippen molar-refractivity contribution in [2.75, 3.05) is 11.9 Å². The first kappa shape index (κ1) is 15.8. The second-order valence-corrected chi connectivity index (χ2v) is 7.12. The van der Waals surface area contributed by atoms with Crippen molar-refractivity contribution >= 4 is 48.5 Å². The number of hydrogen-bond acceptors (Lipinski definition) is 2. The largest absolute Gasteiger partial charge is 0.384 e. The molecule has 1 aromatic heterocycles. The number of nitrogens with one attached hydrogen (secondary N) is 1. The molecule has 0 amide bonds. The molecule has 0 aliphatic heterocycles. The minimum Gasteiger partial charge on any atom is -0.384 e. The van der Waals surface area contributed by atoms with E-state index in [9.17, 15) is 0 Å². The van der Waals surface area contributed by atoms with Gasteiger partial charge in [0.25, 0.3) is 0 Å². The van der Waals surface area contributed by atoms with Gasteiger partial charge >= 0.3 is 0 Å². The highest BCUT2D eigenvalue weighted by molar-refractivity contribution is 9.11. The molecule has 0 saturated heterocycles. The molecule has 2 nitrogen and oxygen atoms in total. The number of aromatic nitrogens is 1.